The molecule has 8 heavy (non-hydrogen) atoms. The average molecular weight is 148 g/mol. The van der Waals surface area contributed by atoms with Crippen molar-refractivity contribution in [1.29, 1.82) is 0 Å². The molecule has 5 nitrogen and oxygen atoms in total. The molecule has 0 aliphatic heterocycles. The zero-order valence-electron chi connectivity index (χ0n) is 4.42. The largest absolute Gasteiger partial charge is 1.00 e. The van der Waals surface area contributed by atoms with E-state index in [1.165, 1.54) is 0 Å². The Morgan fingerprint density at radius 3 is 2.00 bits per heavy atom. The van der Waals surface area contributed by atoms with Gasteiger partial charge < -0.3 is 4.55 Å². The summed E-state index contributed by atoms with van der Waals surface area (Å²) >= 11 is 0. The molecular weight excluding hydrogens is 143 g/mol. The van der Waals surface area contributed by atoms with Gasteiger partial charge in [0.05, 0.1) is 0 Å². The number of rotatable bonds is 2. The summed E-state index contributed by atoms with van der Waals surface area (Å²) in [5, 5.41) is 0. The van der Waals surface area contributed by atoms with Gasteiger partial charge in [-0.15, -0.1) is 0 Å². The maximum Gasteiger partial charge on any atom is 1.00 e. The van der Waals surface area contributed by atoms with Crippen molar-refractivity contribution >= 4 is 10.1 Å². The van der Waals surface area contributed by atoms with E-state index >= 15 is 0 Å². The van der Waals surface area contributed by atoms with Crippen LogP contribution in [0.5, 0.6) is 0 Å². The number of hydrogen-bond donors (Lipinski definition) is 2. The van der Waals surface area contributed by atoms with Crippen molar-refractivity contribution < 1.29 is 42.5 Å². The summed E-state index contributed by atoms with van der Waals surface area (Å²) in [4.78, 5) is 0. The molecule has 0 aliphatic carbocycles. The van der Waals surface area contributed by atoms with Crippen LogP contribution in [0.2, 0.25) is 0 Å². The molecule has 0 rings (SSSR count). The first-order valence-electron chi connectivity index (χ1n) is 1.43. The molecule has 0 aliphatic rings. The summed E-state index contributed by atoms with van der Waals surface area (Å²) in [7, 11) is -4.16. The van der Waals surface area contributed by atoms with Gasteiger partial charge in [0.2, 0.25) is 0 Å². The van der Waals surface area contributed by atoms with Gasteiger partial charge in [-0.1, -0.05) is 0 Å². The molecule has 0 heterocycles. The van der Waals surface area contributed by atoms with Crippen LogP contribution in [0, 0.1) is 0 Å². The molecule has 7 heteroatoms. The topological polar surface area (TPSA) is 95.2 Å². The molecule has 3 N–H and O–H groups in total. The van der Waals surface area contributed by atoms with Gasteiger partial charge in [0, 0.05) is 0 Å². The Morgan fingerprint density at radius 1 is 1.62 bits per heavy atom. The molecule has 0 aromatic rings. The first kappa shape index (κ1) is 11.6. The molecular formula is CH5N2NaO3S. The molecule has 0 aromatic heterocycles. The Hall–Kier alpha value is 0.830. The second-order valence-corrected chi connectivity index (χ2v) is 2.31. The van der Waals surface area contributed by atoms with E-state index in [1.54, 1.807) is 5.43 Å². The Bertz CT molecular complexity index is 130. The third kappa shape index (κ3) is 9.95. The Morgan fingerprint density at radius 2 is 2.00 bits per heavy atom. The third-order valence-electron chi connectivity index (χ3n) is 0.260. The van der Waals surface area contributed by atoms with Crippen LogP contribution >= 0.6 is 0 Å². The minimum atomic E-state index is -4.16. The van der Waals surface area contributed by atoms with Gasteiger partial charge in [0.25, 0.3) is 0 Å². The van der Waals surface area contributed by atoms with E-state index in [1.807, 2.05) is 0 Å². The molecule has 0 saturated carbocycles. The molecule has 0 amide bonds. The van der Waals surface area contributed by atoms with Gasteiger partial charge in [0.1, 0.15) is 16.0 Å². The SMILES string of the molecule is NNCS(=O)(=O)[O-].[Na+]. The average Bonchev–Trinajstić information content (AvgIpc) is 1.30. The summed E-state index contributed by atoms with van der Waals surface area (Å²) in [6.07, 6.45) is 0. The van der Waals surface area contributed by atoms with Crippen LogP contribution in [0.4, 0.5) is 0 Å². The second kappa shape index (κ2) is 4.68. The molecule has 0 radical (unpaired) electrons. The van der Waals surface area contributed by atoms with E-state index in [9.17, 15) is 13.0 Å². The zero-order valence-corrected chi connectivity index (χ0v) is 7.23. The molecule has 0 atom stereocenters. The van der Waals surface area contributed by atoms with E-state index in [0.29, 0.717) is 0 Å². The first-order valence-corrected chi connectivity index (χ1v) is 3.01. The minimum absolute atomic E-state index is 0. The normalized spacial score (nSPS) is 10.2. The van der Waals surface area contributed by atoms with Crippen molar-refractivity contribution in [1.82, 2.24) is 5.43 Å². The predicted molar refractivity (Wildman–Crippen MR) is 21.9 cm³/mol. The molecule has 0 bridgehead atoms. The number of hydrogen-bond acceptors (Lipinski definition) is 5. The minimum Gasteiger partial charge on any atom is -0.747 e. The molecule has 0 spiro atoms. The van der Waals surface area contributed by atoms with Crippen molar-refractivity contribution in [2.45, 2.75) is 0 Å². The number of nitrogens with two attached hydrogens (primary N) is 1. The third-order valence-corrected chi connectivity index (χ3v) is 0.780. The second-order valence-electron chi connectivity index (χ2n) is 0.906. The van der Waals surface area contributed by atoms with Crippen LogP contribution < -0.4 is 40.8 Å². The molecule has 0 saturated heterocycles. The van der Waals surface area contributed by atoms with Crippen LogP contribution in [0.3, 0.4) is 0 Å². The standard InChI is InChI=1S/CH6N2O3S.Na/c2-3-1-7(4,5)6;/h3H,1-2H2,(H,4,5,6);/q;+1/p-1. The fourth-order valence-corrected chi connectivity index (χ4v) is 0.306. The van der Waals surface area contributed by atoms with E-state index in [-0.39, 0.29) is 29.6 Å². The summed E-state index contributed by atoms with van der Waals surface area (Å²) in [5.74, 6) is 3.77. The van der Waals surface area contributed by atoms with Crippen LogP contribution in [0.15, 0.2) is 0 Å². The molecule has 0 aromatic carbocycles. The number of hydrazine groups is 1. The Kier molecular flexibility index (Phi) is 6.80. The van der Waals surface area contributed by atoms with Gasteiger partial charge in [-0.3, -0.25) is 5.84 Å². The summed E-state index contributed by atoms with van der Waals surface area (Å²) in [5.41, 5.74) is 1.71. The fourth-order valence-electron chi connectivity index (χ4n) is 0.102. The van der Waals surface area contributed by atoms with Crippen molar-refractivity contribution in [3.8, 4) is 0 Å². The summed E-state index contributed by atoms with van der Waals surface area (Å²) in [6, 6.07) is 0. The van der Waals surface area contributed by atoms with Crippen molar-refractivity contribution in [2.75, 3.05) is 5.88 Å². The van der Waals surface area contributed by atoms with E-state index in [2.05, 4.69) is 5.84 Å². The van der Waals surface area contributed by atoms with E-state index < -0.39 is 16.0 Å². The van der Waals surface area contributed by atoms with Gasteiger partial charge in [-0.25, -0.2) is 13.8 Å². The summed E-state index contributed by atoms with van der Waals surface area (Å²) < 4.78 is 28.6. The van der Waals surface area contributed by atoms with Gasteiger partial charge in [-0.05, 0) is 0 Å². The van der Waals surface area contributed by atoms with Gasteiger partial charge in [0.15, 0.2) is 0 Å². The van der Waals surface area contributed by atoms with Gasteiger partial charge in [-0.2, -0.15) is 0 Å². The smallest absolute Gasteiger partial charge is 0.747 e. The van der Waals surface area contributed by atoms with E-state index in [4.69, 9.17) is 0 Å². The van der Waals surface area contributed by atoms with Crippen molar-refractivity contribution in [2.24, 2.45) is 5.84 Å². The molecule has 0 unspecified atom stereocenters. The number of nitrogens with one attached hydrogen (secondary N) is 1. The van der Waals surface area contributed by atoms with Crippen LogP contribution in [0.1, 0.15) is 0 Å². The van der Waals surface area contributed by atoms with Crippen LogP contribution in [-0.4, -0.2) is 18.8 Å². The fraction of sp³-hybridized carbons (Fsp3) is 1.00. The Balaban J connectivity index is 0. The van der Waals surface area contributed by atoms with Crippen molar-refractivity contribution in [3.63, 3.8) is 0 Å². The predicted octanol–water partition coefficient (Wildman–Crippen LogP) is -5.04. The van der Waals surface area contributed by atoms with Crippen molar-refractivity contribution in [3.05, 3.63) is 0 Å². The Labute approximate surface area is 69.6 Å². The maximum absolute atomic E-state index is 9.53. The first-order chi connectivity index (χ1) is 3.06. The van der Waals surface area contributed by atoms with E-state index in [0.717, 1.165) is 0 Å². The summed E-state index contributed by atoms with van der Waals surface area (Å²) in [6.45, 7) is 0. The quantitative estimate of drug-likeness (QED) is 0.177. The van der Waals surface area contributed by atoms with Gasteiger partial charge >= 0.3 is 29.6 Å². The van der Waals surface area contributed by atoms with Crippen LogP contribution in [0.25, 0.3) is 0 Å². The zero-order chi connectivity index (χ0) is 5.91. The molecule has 0 fully saturated rings. The molecule has 44 valence electrons. The maximum atomic E-state index is 9.53. The van der Waals surface area contributed by atoms with Crippen LogP contribution in [-0.2, 0) is 10.1 Å². The monoisotopic (exact) mass is 148 g/mol.